The van der Waals surface area contributed by atoms with Crippen molar-refractivity contribution in [2.24, 2.45) is 5.92 Å². The van der Waals surface area contributed by atoms with Crippen LogP contribution in [-0.2, 0) is 11.2 Å². The highest BCUT2D eigenvalue weighted by atomic mass is 19.1. The molecule has 1 atom stereocenters. The van der Waals surface area contributed by atoms with E-state index in [0.717, 1.165) is 18.3 Å². The molecule has 0 heterocycles. The highest BCUT2D eigenvalue weighted by Gasteiger charge is 2.05. The molecule has 1 nitrogen and oxygen atoms in total. The summed E-state index contributed by atoms with van der Waals surface area (Å²) in [5.74, 6) is -0.173. The molecule has 0 bridgehead atoms. The van der Waals surface area contributed by atoms with Crippen molar-refractivity contribution < 1.29 is 9.18 Å². The molecular weight excluding hydrogens is 167 g/mol. The number of halogens is 1. The van der Waals surface area contributed by atoms with Crippen LogP contribution in [0.4, 0.5) is 4.39 Å². The molecule has 70 valence electrons. The Hall–Kier alpha value is -1.18. The first-order valence-electron chi connectivity index (χ1n) is 4.46. The molecule has 1 aromatic carbocycles. The summed E-state index contributed by atoms with van der Waals surface area (Å²) < 4.78 is 12.5. The lowest BCUT2D eigenvalue weighted by atomic mass is 9.98. The normalized spacial score (nSPS) is 12.5. The van der Waals surface area contributed by atoms with Gasteiger partial charge in [0.05, 0.1) is 0 Å². The zero-order valence-electron chi connectivity index (χ0n) is 7.66. The van der Waals surface area contributed by atoms with Crippen molar-refractivity contribution in [2.45, 2.75) is 19.8 Å². The van der Waals surface area contributed by atoms with Crippen molar-refractivity contribution in [2.75, 3.05) is 0 Å². The molecule has 0 aliphatic carbocycles. The maximum absolute atomic E-state index is 12.5. The molecule has 0 spiro atoms. The van der Waals surface area contributed by atoms with Gasteiger partial charge in [-0.2, -0.15) is 0 Å². The lowest BCUT2D eigenvalue weighted by Crippen LogP contribution is -2.04. The largest absolute Gasteiger partial charge is 0.303 e. The van der Waals surface area contributed by atoms with Gasteiger partial charge in [-0.1, -0.05) is 19.1 Å². The minimum atomic E-state index is -0.233. The van der Waals surface area contributed by atoms with Gasteiger partial charge in [0.15, 0.2) is 0 Å². The van der Waals surface area contributed by atoms with Crippen molar-refractivity contribution in [1.82, 2.24) is 0 Å². The SMILES string of the molecule is CCC(C=O)Cc1ccc(F)cc1. The molecule has 0 saturated heterocycles. The van der Waals surface area contributed by atoms with Crippen LogP contribution in [0.25, 0.3) is 0 Å². The third kappa shape index (κ3) is 2.98. The average Bonchev–Trinajstić information content (AvgIpc) is 2.17. The molecule has 13 heavy (non-hydrogen) atoms. The van der Waals surface area contributed by atoms with Crippen molar-refractivity contribution >= 4 is 6.29 Å². The molecule has 0 fully saturated rings. The number of aldehydes is 1. The van der Waals surface area contributed by atoms with Crippen molar-refractivity contribution in [3.05, 3.63) is 35.6 Å². The predicted octanol–water partition coefficient (Wildman–Crippen LogP) is 2.59. The zero-order chi connectivity index (χ0) is 9.68. The topological polar surface area (TPSA) is 17.1 Å². The lowest BCUT2D eigenvalue weighted by molar-refractivity contribution is -0.111. The first-order chi connectivity index (χ1) is 6.26. The minimum Gasteiger partial charge on any atom is -0.303 e. The van der Waals surface area contributed by atoms with Crippen molar-refractivity contribution in [3.63, 3.8) is 0 Å². The second-order valence-electron chi connectivity index (χ2n) is 3.14. The second kappa shape index (κ2) is 4.75. The van der Waals surface area contributed by atoms with E-state index in [4.69, 9.17) is 0 Å². The Morgan fingerprint density at radius 3 is 2.46 bits per heavy atom. The minimum absolute atomic E-state index is 0.0606. The Bertz CT molecular complexity index is 266. The van der Waals surface area contributed by atoms with Crippen LogP contribution < -0.4 is 0 Å². The Labute approximate surface area is 77.6 Å². The summed E-state index contributed by atoms with van der Waals surface area (Å²) in [7, 11) is 0. The first-order valence-corrected chi connectivity index (χ1v) is 4.46. The van der Waals surface area contributed by atoms with Gasteiger partial charge in [0.25, 0.3) is 0 Å². The van der Waals surface area contributed by atoms with E-state index < -0.39 is 0 Å². The number of benzene rings is 1. The molecule has 0 N–H and O–H groups in total. The molecule has 1 rings (SSSR count). The second-order valence-corrected chi connectivity index (χ2v) is 3.14. The lowest BCUT2D eigenvalue weighted by Gasteiger charge is -2.06. The first kappa shape index (κ1) is 9.90. The van der Waals surface area contributed by atoms with Crippen LogP contribution in [0.15, 0.2) is 24.3 Å². The summed E-state index contributed by atoms with van der Waals surface area (Å²) in [5, 5.41) is 0. The summed E-state index contributed by atoms with van der Waals surface area (Å²) in [6, 6.07) is 6.29. The quantitative estimate of drug-likeness (QED) is 0.651. The Kier molecular flexibility index (Phi) is 3.62. The van der Waals surface area contributed by atoms with Crippen LogP contribution in [0.1, 0.15) is 18.9 Å². The highest BCUT2D eigenvalue weighted by molar-refractivity contribution is 5.54. The molecule has 0 saturated carbocycles. The van der Waals surface area contributed by atoms with Crippen molar-refractivity contribution in [3.8, 4) is 0 Å². The van der Waals surface area contributed by atoms with E-state index in [1.54, 1.807) is 12.1 Å². The number of carbonyl (C=O) groups is 1. The zero-order valence-corrected chi connectivity index (χ0v) is 7.66. The molecule has 1 aromatic rings. The summed E-state index contributed by atoms with van der Waals surface area (Å²) in [6.45, 7) is 1.97. The number of carbonyl (C=O) groups excluding carboxylic acids is 1. The third-order valence-corrected chi connectivity index (χ3v) is 2.13. The average molecular weight is 180 g/mol. The van der Waals surface area contributed by atoms with Crippen LogP contribution in [0.5, 0.6) is 0 Å². The molecule has 0 aliphatic rings. The predicted molar refractivity (Wildman–Crippen MR) is 49.9 cm³/mol. The number of hydrogen-bond donors (Lipinski definition) is 0. The van der Waals surface area contributed by atoms with Crippen LogP contribution in [0.2, 0.25) is 0 Å². The molecule has 0 aliphatic heterocycles. The number of hydrogen-bond acceptors (Lipinski definition) is 1. The van der Waals surface area contributed by atoms with Crippen LogP contribution >= 0.6 is 0 Å². The summed E-state index contributed by atoms with van der Waals surface area (Å²) >= 11 is 0. The van der Waals surface area contributed by atoms with E-state index in [9.17, 15) is 9.18 Å². The van der Waals surface area contributed by atoms with Crippen LogP contribution in [-0.4, -0.2) is 6.29 Å². The fourth-order valence-electron chi connectivity index (χ4n) is 1.21. The Balaban J connectivity index is 2.63. The smallest absolute Gasteiger partial charge is 0.123 e. The van der Waals surface area contributed by atoms with Gasteiger partial charge in [0.1, 0.15) is 12.1 Å². The van der Waals surface area contributed by atoms with E-state index in [1.807, 2.05) is 6.92 Å². The monoisotopic (exact) mass is 180 g/mol. The molecule has 1 unspecified atom stereocenters. The van der Waals surface area contributed by atoms with Gasteiger partial charge < -0.3 is 4.79 Å². The fraction of sp³-hybridized carbons (Fsp3) is 0.364. The van der Waals surface area contributed by atoms with E-state index >= 15 is 0 Å². The van der Waals surface area contributed by atoms with Gasteiger partial charge in [0, 0.05) is 5.92 Å². The summed E-state index contributed by atoms with van der Waals surface area (Å²) in [4.78, 5) is 10.5. The van der Waals surface area contributed by atoms with Gasteiger partial charge in [-0.15, -0.1) is 0 Å². The summed E-state index contributed by atoms with van der Waals surface area (Å²) in [5.41, 5.74) is 1.01. The van der Waals surface area contributed by atoms with Gasteiger partial charge in [0.2, 0.25) is 0 Å². The highest BCUT2D eigenvalue weighted by Crippen LogP contribution is 2.10. The van der Waals surface area contributed by atoms with E-state index in [0.29, 0.717) is 6.42 Å². The fourth-order valence-corrected chi connectivity index (χ4v) is 1.21. The van der Waals surface area contributed by atoms with Gasteiger partial charge in [-0.3, -0.25) is 0 Å². The van der Waals surface area contributed by atoms with Crippen LogP contribution in [0, 0.1) is 11.7 Å². The Morgan fingerprint density at radius 1 is 1.38 bits per heavy atom. The van der Waals surface area contributed by atoms with E-state index in [1.165, 1.54) is 12.1 Å². The summed E-state index contributed by atoms with van der Waals surface area (Å²) in [6.07, 6.45) is 2.50. The third-order valence-electron chi connectivity index (χ3n) is 2.13. The Morgan fingerprint density at radius 2 is 2.00 bits per heavy atom. The van der Waals surface area contributed by atoms with Crippen molar-refractivity contribution in [1.29, 1.82) is 0 Å². The van der Waals surface area contributed by atoms with Gasteiger partial charge in [-0.25, -0.2) is 4.39 Å². The number of rotatable bonds is 4. The van der Waals surface area contributed by atoms with Gasteiger partial charge >= 0.3 is 0 Å². The molecule has 2 heteroatoms. The standard InChI is InChI=1S/C11H13FO/c1-2-9(8-13)7-10-3-5-11(12)6-4-10/h3-6,8-9H,2,7H2,1H3. The molecule has 0 aromatic heterocycles. The maximum Gasteiger partial charge on any atom is 0.123 e. The van der Waals surface area contributed by atoms with E-state index in [2.05, 4.69) is 0 Å². The molecule has 0 radical (unpaired) electrons. The van der Waals surface area contributed by atoms with E-state index in [-0.39, 0.29) is 11.7 Å². The van der Waals surface area contributed by atoms with Gasteiger partial charge in [-0.05, 0) is 30.5 Å². The molecular formula is C11H13FO. The maximum atomic E-state index is 12.5. The van der Waals surface area contributed by atoms with Crippen LogP contribution in [0.3, 0.4) is 0 Å². The molecule has 0 amide bonds.